The quantitative estimate of drug-likeness (QED) is 0.697. The molecule has 2 atom stereocenters. The van der Waals surface area contributed by atoms with Gasteiger partial charge in [0, 0.05) is 25.2 Å². The van der Waals surface area contributed by atoms with Gasteiger partial charge in [0.2, 0.25) is 11.8 Å². The van der Waals surface area contributed by atoms with Crippen LogP contribution in [0.3, 0.4) is 0 Å². The number of nitrogens with zero attached hydrogens (tertiary/aromatic N) is 3. The van der Waals surface area contributed by atoms with Gasteiger partial charge in [-0.15, -0.1) is 11.3 Å². The standard InChI is InChI=1S/C23H23N5O4S/c24-13-15-5-7-16(8-6-15)22(31)27-10-11-28(23(32)19-4-2-12-33-19)18(14-27)21(30)26-17-3-1-9-25-20(17)29/h2,4-8,12,17-18H,1,3,9-11,14H2,(H,25,29)(H,26,30). The van der Waals surface area contributed by atoms with E-state index in [1.165, 1.54) is 21.1 Å². The molecule has 2 aliphatic rings. The van der Waals surface area contributed by atoms with Crippen molar-refractivity contribution in [3.63, 3.8) is 0 Å². The molecule has 33 heavy (non-hydrogen) atoms. The molecule has 0 saturated carbocycles. The third-order valence-electron chi connectivity index (χ3n) is 5.83. The van der Waals surface area contributed by atoms with Gasteiger partial charge < -0.3 is 20.4 Å². The minimum absolute atomic E-state index is 0.0100. The number of piperidine rings is 1. The van der Waals surface area contributed by atoms with Gasteiger partial charge in [-0.2, -0.15) is 5.26 Å². The molecule has 0 bridgehead atoms. The third kappa shape index (κ3) is 4.88. The summed E-state index contributed by atoms with van der Waals surface area (Å²) in [6.07, 6.45) is 1.28. The Morgan fingerprint density at radius 1 is 1.12 bits per heavy atom. The van der Waals surface area contributed by atoms with Crippen molar-refractivity contribution in [1.82, 2.24) is 20.4 Å². The van der Waals surface area contributed by atoms with Crippen LogP contribution in [0.5, 0.6) is 0 Å². The Morgan fingerprint density at radius 3 is 2.58 bits per heavy atom. The molecule has 2 N–H and O–H groups in total. The molecule has 170 valence electrons. The molecule has 2 aromatic rings. The van der Waals surface area contributed by atoms with Crippen LogP contribution in [-0.4, -0.2) is 71.7 Å². The van der Waals surface area contributed by atoms with Crippen molar-refractivity contribution >= 4 is 35.0 Å². The summed E-state index contributed by atoms with van der Waals surface area (Å²) in [6.45, 7) is 1.04. The van der Waals surface area contributed by atoms with Gasteiger partial charge in [-0.1, -0.05) is 6.07 Å². The van der Waals surface area contributed by atoms with Crippen molar-refractivity contribution in [1.29, 1.82) is 5.26 Å². The Labute approximate surface area is 195 Å². The maximum absolute atomic E-state index is 13.2. The second kappa shape index (κ2) is 9.83. The Kier molecular flexibility index (Phi) is 6.70. The van der Waals surface area contributed by atoms with E-state index in [-0.39, 0.29) is 37.4 Å². The van der Waals surface area contributed by atoms with Gasteiger partial charge in [-0.05, 0) is 48.6 Å². The fraction of sp³-hybridized carbons (Fsp3) is 0.348. The van der Waals surface area contributed by atoms with Crippen molar-refractivity contribution in [2.45, 2.75) is 24.9 Å². The molecule has 0 spiro atoms. The minimum atomic E-state index is -0.926. The zero-order valence-electron chi connectivity index (χ0n) is 17.8. The van der Waals surface area contributed by atoms with Crippen LogP contribution in [0.15, 0.2) is 41.8 Å². The number of carbonyl (C=O) groups excluding carboxylic acids is 4. The number of amides is 4. The molecule has 2 aliphatic heterocycles. The van der Waals surface area contributed by atoms with Crippen LogP contribution in [0.4, 0.5) is 0 Å². The molecular weight excluding hydrogens is 442 g/mol. The lowest BCUT2D eigenvalue weighted by atomic mass is 10.0. The first-order valence-corrected chi connectivity index (χ1v) is 11.6. The number of piperazine rings is 1. The van der Waals surface area contributed by atoms with E-state index in [1.54, 1.807) is 41.8 Å². The molecular formula is C23H23N5O4S. The fourth-order valence-electron chi connectivity index (χ4n) is 4.02. The van der Waals surface area contributed by atoms with Gasteiger partial charge in [0.15, 0.2) is 0 Å². The predicted molar refractivity (Wildman–Crippen MR) is 120 cm³/mol. The Hall–Kier alpha value is -3.71. The van der Waals surface area contributed by atoms with Gasteiger partial charge in [-0.3, -0.25) is 19.2 Å². The highest BCUT2D eigenvalue weighted by molar-refractivity contribution is 7.12. The van der Waals surface area contributed by atoms with Crippen molar-refractivity contribution in [2.75, 3.05) is 26.2 Å². The summed E-state index contributed by atoms with van der Waals surface area (Å²) in [6, 6.07) is 10.2. The highest BCUT2D eigenvalue weighted by Crippen LogP contribution is 2.20. The van der Waals surface area contributed by atoms with Gasteiger partial charge in [0.1, 0.15) is 12.1 Å². The summed E-state index contributed by atoms with van der Waals surface area (Å²) < 4.78 is 0. The molecule has 2 fully saturated rings. The summed E-state index contributed by atoms with van der Waals surface area (Å²) in [5, 5.41) is 16.3. The first-order chi connectivity index (χ1) is 16.0. The first-order valence-electron chi connectivity index (χ1n) is 10.7. The fourth-order valence-corrected chi connectivity index (χ4v) is 4.70. The van der Waals surface area contributed by atoms with Crippen LogP contribution in [-0.2, 0) is 9.59 Å². The van der Waals surface area contributed by atoms with Crippen LogP contribution in [0.1, 0.15) is 38.4 Å². The lowest BCUT2D eigenvalue weighted by molar-refractivity contribution is -0.133. The summed E-state index contributed by atoms with van der Waals surface area (Å²) in [5.74, 6) is -1.26. The van der Waals surface area contributed by atoms with Crippen LogP contribution in [0.2, 0.25) is 0 Å². The lowest BCUT2D eigenvalue weighted by Gasteiger charge is -2.41. The van der Waals surface area contributed by atoms with Crippen molar-refractivity contribution < 1.29 is 19.2 Å². The number of benzene rings is 1. The smallest absolute Gasteiger partial charge is 0.264 e. The van der Waals surface area contributed by atoms with Crippen LogP contribution >= 0.6 is 11.3 Å². The Balaban J connectivity index is 1.54. The molecule has 9 nitrogen and oxygen atoms in total. The largest absolute Gasteiger partial charge is 0.354 e. The molecule has 2 unspecified atom stereocenters. The molecule has 3 heterocycles. The second-order valence-corrected chi connectivity index (χ2v) is 8.87. The van der Waals surface area contributed by atoms with Gasteiger partial charge in [-0.25, -0.2) is 0 Å². The monoisotopic (exact) mass is 465 g/mol. The van der Waals surface area contributed by atoms with Gasteiger partial charge in [0.25, 0.3) is 11.8 Å². The molecule has 1 aromatic heterocycles. The normalized spacial score (nSPS) is 20.5. The molecule has 10 heteroatoms. The number of nitriles is 1. The second-order valence-electron chi connectivity index (χ2n) is 7.93. The van der Waals surface area contributed by atoms with E-state index >= 15 is 0 Å². The topological polar surface area (TPSA) is 123 Å². The molecule has 0 radical (unpaired) electrons. The van der Waals surface area contributed by atoms with Crippen LogP contribution in [0.25, 0.3) is 0 Å². The number of hydrogen-bond acceptors (Lipinski definition) is 6. The lowest BCUT2D eigenvalue weighted by Crippen LogP contribution is -2.63. The minimum Gasteiger partial charge on any atom is -0.354 e. The highest BCUT2D eigenvalue weighted by Gasteiger charge is 2.39. The molecule has 0 aliphatic carbocycles. The summed E-state index contributed by atoms with van der Waals surface area (Å²) in [5.41, 5.74) is 0.846. The highest BCUT2D eigenvalue weighted by atomic mass is 32.1. The number of thiophene rings is 1. The number of carbonyl (C=O) groups is 4. The van der Waals surface area contributed by atoms with Gasteiger partial charge >= 0.3 is 0 Å². The van der Waals surface area contributed by atoms with E-state index in [2.05, 4.69) is 10.6 Å². The predicted octanol–water partition coefficient (Wildman–Crippen LogP) is 0.981. The Bertz CT molecular complexity index is 1090. The van der Waals surface area contributed by atoms with Crippen molar-refractivity contribution in [3.05, 3.63) is 57.8 Å². The maximum Gasteiger partial charge on any atom is 0.264 e. The first kappa shape index (κ1) is 22.5. The summed E-state index contributed by atoms with van der Waals surface area (Å²) in [4.78, 5) is 55.0. The van der Waals surface area contributed by atoms with Crippen LogP contribution in [0, 0.1) is 11.3 Å². The number of hydrogen-bond donors (Lipinski definition) is 2. The number of nitrogens with one attached hydrogen (secondary N) is 2. The SMILES string of the molecule is N#Cc1ccc(C(=O)N2CCN(C(=O)c3cccs3)C(C(=O)NC3CCCNC3=O)C2)cc1. The maximum atomic E-state index is 13.2. The Morgan fingerprint density at radius 2 is 1.91 bits per heavy atom. The van der Waals surface area contributed by atoms with Crippen molar-refractivity contribution in [3.8, 4) is 6.07 Å². The van der Waals surface area contributed by atoms with E-state index in [4.69, 9.17) is 5.26 Å². The summed E-state index contributed by atoms with van der Waals surface area (Å²) in [7, 11) is 0. The van der Waals surface area contributed by atoms with E-state index < -0.39 is 18.0 Å². The zero-order chi connectivity index (χ0) is 23.4. The van der Waals surface area contributed by atoms with E-state index in [9.17, 15) is 19.2 Å². The van der Waals surface area contributed by atoms with Gasteiger partial charge in [0.05, 0.1) is 23.1 Å². The van der Waals surface area contributed by atoms with Crippen LogP contribution < -0.4 is 10.6 Å². The average molecular weight is 466 g/mol. The zero-order valence-corrected chi connectivity index (χ0v) is 18.6. The van der Waals surface area contributed by atoms with E-state index in [1.807, 2.05) is 6.07 Å². The van der Waals surface area contributed by atoms with E-state index in [0.717, 1.165) is 6.42 Å². The third-order valence-corrected chi connectivity index (χ3v) is 6.68. The molecule has 1 aromatic carbocycles. The van der Waals surface area contributed by atoms with Crippen molar-refractivity contribution in [2.24, 2.45) is 0 Å². The average Bonchev–Trinajstić information content (AvgIpc) is 3.39. The van der Waals surface area contributed by atoms with E-state index in [0.29, 0.717) is 29.0 Å². The number of rotatable bonds is 4. The summed E-state index contributed by atoms with van der Waals surface area (Å²) >= 11 is 1.29. The molecule has 2 saturated heterocycles. The molecule has 4 amide bonds. The molecule has 4 rings (SSSR count).